The van der Waals surface area contributed by atoms with Crippen LogP contribution in [0.25, 0.3) is 0 Å². The maximum atomic E-state index is 4.97. The van der Waals surface area contributed by atoms with Gasteiger partial charge in [0, 0.05) is 7.11 Å². The van der Waals surface area contributed by atoms with Crippen LogP contribution in [0.15, 0.2) is 24.3 Å². The lowest BCUT2D eigenvalue weighted by molar-refractivity contribution is 0.185. The van der Waals surface area contributed by atoms with E-state index < -0.39 is 0 Å². The standard InChI is InChI=1S/C9H12O.2CH4/c1-8-3-5-9(6-4-8)7-10-2;;/h3-6H,7H2,1-2H3;2*1H4. The Kier molecular flexibility index (Phi) is 7.86. The summed E-state index contributed by atoms with van der Waals surface area (Å²) in [5.41, 5.74) is 2.52. The van der Waals surface area contributed by atoms with Crippen LogP contribution in [0, 0.1) is 6.92 Å². The first-order valence-electron chi connectivity index (χ1n) is 3.37. The van der Waals surface area contributed by atoms with E-state index in [4.69, 9.17) is 4.74 Å². The third-order valence-electron chi connectivity index (χ3n) is 1.43. The van der Waals surface area contributed by atoms with Crippen LogP contribution in [0.3, 0.4) is 0 Å². The summed E-state index contributed by atoms with van der Waals surface area (Å²) in [6.07, 6.45) is 0. The van der Waals surface area contributed by atoms with Crippen molar-refractivity contribution in [1.82, 2.24) is 0 Å². The Morgan fingerprint density at radius 1 is 1.08 bits per heavy atom. The van der Waals surface area contributed by atoms with Crippen LogP contribution in [0.5, 0.6) is 0 Å². The Labute approximate surface area is 76.4 Å². The molecule has 1 aromatic rings. The first-order valence-corrected chi connectivity index (χ1v) is 3.37. The normalized spacial score (nSPS) is 8.17. The number of methoxy groups -OCH3 is 1. The van der Waals surface area contributed by atoms with Gasteiger partial charge in [0.1, 0.15) is 0 Å². The Bertz CT molecular complexity index is 189. The van der Waals surface area contributed by atoms with Crippen molar-refractivity contribution in [3.8, 4) is 0 Å². The third-order valence-corrected chi connectivity index (χ3v) is 1.43. The molecule has 0 N–H and O–H groups in total. The molecule has 0 heterocycles. The summed E-state index contributed by atoms with van der Waals surface area (Å²) in [6.45, 7) is 2.79. The molecule has 0 bridgehead atoms. The molecule has 0 aliphatic carbocycles. The first kappa shape index (κ1) is 13.7. The van der Waals surface area contributed by atoms with Crippen LogP contribution < -0.4 is 0 Å². The van der Waals surface area contributed by atoms with Crippen LogP contribution >= 0.6 is 0 Å². The van der Waals surface area contributed by atoms with Gasteiger partial charge in [-0.1, -0.05) is 44.7 Å². The minimum Gasteiger partial charge on any atom is -0.380 e. The zero-order valence-corrected chi connectivity index (χ0v) is 6.42. The molecule has 0 amide bonds. The van der Waals surface area contributed by atoms with Crippen LogP contribution in [0.2, 0.25) is 0 Å². The average Bonchev–Trinajstić information content (AvgIpc) is 1.95. The maximum absolute atomic E-state index is 4.97. The molecule has 0 unspecified atom stereocenters. The summed E-state index contributed by atoms with van der Waals surface area (Å²) >= 11 is 0. The molecule has 0 aliphatic heterocycles. The van der Waals surface area contributed by atoms with Crippen molar-refractivity contribution in [3.05, 3.63) is 35.4 Å². The molecule has 1 aromatic carbocycles. The van der Waals surface area contributed by atoms with E-state index in [1.807, 2.05) is 0 Å². The second-order valence-corrected chi connectivity index (χ2v) is 2.42. The predicted octanol–water partition coefficient (Wildman–Crippen LogP) is 3.41. The van der Waals surface area contributed by atoms with Crippen molar-refractivity contribution < 1.29 is 4.74 Å². The van der Waals surface area contributed by atoms with Gasteiger partial charge in [0.05, 0.1) is 6.61 Å². The molecule has 0 fully saturated rings. The van der Waals surface area contributed by atoms with E-state index >= 15 is 0 Å². The summed E-state index contributed by atoms with van der Waals surface area (Å²) in [5, 5.41) is 0. The minimum atomic E-state index is 0. The second kappa shape index (κ2) is 6.86. The molecule has 0 saturated heterocycles. The number of benzene rings is 1. The molecular weight excluding hydrogens is 148 g/mol. The van der Waals surface area contributed by atoms with Crippen molar-refractivity contribution in [2.45, 2.75) is 28.4 Å². The highest BCUT2D eigenvalue weighted by atomic mass is 16.5. The van der Waals surface area contributed by atoms with Crippen molar-refractivity contribution >= 4 is 0 Å². The molecule has 1 nitrogen and oxygen atoms in total. The summed E-state index contributed by atoms with van der Waals surface area (Å²) in [6, 6.07) is 8.35. The molecule has 12 heavy (non-hydrogen) atoms. The lowest BCUT2D eigenvalue weighted by Crippen LogP contribution is -1.85. The highest BCUT2D eigenvalue weighted by Gasteiger charge is 1.88. The molecule has 0 aliphatic rings. The molecule has 0 atom stereocenters. The molecule has 0 aromatic heterocycles. The van der Waals surface area contributed by atoms with Gasteiger partial charge in [-0.3, -0.25) is 0 Å². The number of aryl methyl sites for hydroxylation is 1. The van der Waals surface area contributed by atoms with Gasteiger partial charge in [-0.2, -0.15) is 0 Å². The molecule has 0 spiro atoms. The molecule has 0 saturated carbocycles. The summed E-state index contributed by atoms with van der Waals surface area (Å²) in [4.78, 5) is 0. The largest absolute Gasteiger partial charge is 0.380 e. The van der Waals surface area contributed by atoms with Gasteiger partial charge in [-0.25, -0.2) is 0 Å². The molecular formula is C11H20O. The van der Waals surface area contributed by atoms with Crippen LogP contribution in [-0.4, -0.2) is 7.11 Å². The van der Waals surface area contributed by atoms with Gasteiger partial charge in [0.2, 0.25) is 0 Å². The lowest BCUT2D eigenvalue weighted by atomic mass is 10.2. The topological polar surface area (TPSA) is 9.23 Å². The van der Waals surface area contributed by atoms with E-state index in [0.29, 0.717) is 6.61 Å². The average molecular weight is 168 g/mol. The number of ether oxygens (including phenoxy) is 1. The zero-order chi connectivity index (χ0) is 7.40. The van der Waals surface area contributed by atoms with E-state index in [1.54, 1.807) is 7.11 Å². The highest BCUT2D eigenvalue weighted by molar-refractivity contribution is 5.20. The van der Waals surface area contributed by atoms with Crippen LogP contribution in [-0.2, 0) is 11.3 Å². The Balaban J connectivity index is 0. The van der Waals surface area contributed by atoms with Gasteiger partial charge in [-0.15, -0.1) is 0 Å². The number of rotatable bonds is 2. The maximum Gasteiger partial charge on any atom is 0.0713 e. The summed E-state index contributed by atoms with van der Waals surface area (Å²) < 4.78 is 4.97. The van der Waals surface area contributed by atoms with Crippen molar-refractivity contribution in [3.63, 3.8) is 0 Å². The number of hydrogen-bond donors (Lipinski definition) is 0. The van der Waals surface area contributed by atoms with E-state index in [9.17, 15) is 0 Å². The van der Waals surface area contributed by atoms with Gasteiger partial charge in [0.25, 0.3) is 0 Å². The third kappa shape index (κ3) is 4.14. The lowest BCUT2D eigenvalue weighted by Gasteiger charge is -1.98. The van der Waals surface area contributed by atoms with E-state index in [1.165, 1.54) is 11.1 Å². The van der Waals surface area contributed by atoms with E-state index in [-0.39, 0.29) is 14.9 Å². The summed E-state index contributed by atoms with van der Waals surface area (Å²) in [5.74, 6) is 0. The predicted molar refractivity (Wildman–Crippen MR) is 55.4 cm³/mol. The van der Waals surface area contributed by atoms with Gasteiger partial charge in [-0.05, 0) is 12.5 Å². The fourth-order valence-electron chi connectivity index (χ4n) is 0.851. The Morgan fingerprint density at radius 2 is 1.58 bits per heavy atom. The summed E-state index contributed by atoms with van der Waals surface area (Å²) in [7, 11) is 1.71. The fraction of sp³-hybridized carbons (Fsp3) is 0.455. The second-order valence-electron chi connectivity index (χ2n) is 2.42. The van der Waals surface area contributed by atoms with Crippen molar-refractivity contribution in [2.75, 3.05) is 7.11 Å². The van der Waals surface area contributed by atoms with Crippen LogP contribution in [0.1, 0.15) is 26.0 Å². The number of hydrogen-bond acceptors (Lipinski definition) is 1. The Hall–Kier alpha value is -0.820. The molecule has 1 rings (SSSR count). The van der Waals surface area contributed by atoms with Crippen LogP contribution in [0.4, 0.5) is 0 Å². The fourth-order valence-corrected chi connectivity index (χ4v) is 0.851. The van der Waals surface area contributed by atoms with Gasteiger partial charge in [0.15, 0.2) is 0 Å². The van der Waals surface area contributed by atoms with E-state index in [2.05, 4.69) is 31.2 Å². The molecule has 1 heteroatoms. The Morgan fingerprint density at radius 3 is 2.00 bits per heavy atom. The highest BCUT2D eigenvalue weighted by Crippen LogP contribution is 2.03. The molecule has 70 valence electrons. The van der Waals surface area contributed by atoms with Gasteiger partial charge >= 0.3 is 0 Å². The first-order chi connectivity index (χ1) is 4.83. The quantitative estimate of drug-likeness (QED) is 0.657. The zero-order valence-electron chi connectivity index (χ0n) is 6.42. The van der Waals surface area contributed by atoms with E-state index in [0.717, 1.165) is 0 Å². The SMILES string of the molecule is C.C.COCc1ccc(C)cc1. The minimum absolute atomic E-state index is 0. The van der Waals surface area contributed by atoms with Gasteiger partial charge < -0.3 is 4.74 Å². The monoisotopic (exact) mass is 168 g/mol. The van der Waals surface area contributed by atoms with Crippen molar-refractivity contribution in [2.24, 2.45) is 0 Å². The van der Waals surface area contributed by atoms with Crippen molar-refractivity contribution in [1.29, 1.82) is 0 Å². The smallest absolute Gasteiger partial charge is 0.0713 e. The molecule has 0 radical (unpaired) electrons.